The monoisotopic (exact) mass is 446 g/mol. The summed E-state index contributed by atoms with van der Waals surface area (Å²) in [4.78, 5) is 38.6. The minimum absolute atomic E-state index is 0.379. The predicted molar refractivity (Wildman–Crippen MR) is 117 cm³/mol. The molecule has 0 saturated carbocycles. The molecule has 2 saturated heterocycles. The summed E-state index contributed by atoms with van der Waals surface area (Å²) in [7, 11) is 0. The molecule has 0 aromatic carbocycles. The number of fused-ring (bicyclic) bond motifs is 2. The van der Waals surface area contributed by atoms with Crippen LogP contribution in [0.4, 0.5) is 0 Å². The Balaban J connectivity index is 2.08. The minimum atomic E-state index is -1.62. The van der Waals surface area contributed by atoms with E-state index in [9.17, 15) is 14.4 Å². The van der Waals surface area contributed by atoms with Gasteiger partial charge in [-0.25, -0.2) is 14.4 Å². The van der Waals surface area contributed by atoms with Crippen LogP contribution in [0.25, 0.3) is 0 Å². The predicted octanol–water partition coefficient (Wildman–Crippen LogP) is 3.96. The van der Waals surface area contributed by atoms with Gasteiger partial charge in [0.05, 0.1) is 11.5 Å². The van der Waals surface area contributed by atoms with Crippen LogP contribution in [0.3, 0.4) is 0 Å². The lowest BCUT2D eigenvalue weighted by Gasteiger charge is -2.35. The summed E-state index contributed by atoms with van der Waals surface area (Å²) >= 11 is 0. The summed E-state index contributed by atoms with van der Waals surface area (Å²) in [6, 6.07) is 0. The van der Waals surface area contributed by atoms with Crippen LogP contribution in [0.2, 0.25) is 0 Å². The number of carbonyl (C=O) groups is 3. The van der Waals surface area contributed by atoms with Crippen molar-refractivity contribution in [3.05, 3.63) is 34.9 Å². The second-order valence-electron chi connectivity index (χ2n) is 9.42. The Hall–Kier alpha value is -2.41. The fourth-order valence-electron chi connectivity index (χ4n) is 4.55. The molecule has 2 heterocycles. The summed E-state index contributed by atoms with van der Waals surface area (Å²) in [5, 5.41) is 0. The number of esters is 3. The number of hydrogen-bond donors (Lipinski definition) is 0. The van der Waals surface area contributed by atoms with Crippen molar-refractivity contribution in [2.75, 3.05) is 0 Å². The quantitative estimate of drug-likeness (QED) is 0.212. The van der Waals surface area contributed by atoms with Crippen LogP contribution in [0.1, 0.15) is 67.7 Å². The molecule has 3 rings (SSSR count). The molecular formula is C25H34O7. The second-order valence-corrected chi connectivity index (χ2v) is 9.42. The van der Waals surface area contributed by atoms with E-state index in [0.717, 1.165) is 18.4 Å². The number of hydrogen-bond acceptors (Lipinski definition) is 7. The normalized spacial score (nSPS) is 39.1. The van der Waals surface area contributed by atoms with E-state index in [1.165, 1.54) is 0 Å². The topological polar surface area (TPSA) is 91.4 Å². The third-order valence-corrected chi connectivity index (χ3v) is 7.01. The van der Waals surface area contributed by atoms with Gasteiger partial charge in [0.2, 0.25) is 5.60 Å². The van der Waals surface area contributed by atoms with Gasteiger partial charge in [0.15, 0.2) is 0 Å². The highest BCUT2D eigenvalue weighted by Crippen LogP contribution is 2.51. The largest absolute Gasteiger partial charge is 0.458 e. The molecule has 0 aromatic rings. The minimum Gasteiger partial charge on any atom is -0.458 e. The number of rotatable bonds is 4. The number of ether oxygens (including phenoxy) is 4. The molecule has 7 nitrogen and oxygen atoms in total. The summed E-state index contributed by atoms with van der Waals surface area (Å²) in [5.74, 6) is -2.45. The van der Waals surface area contributed by atoms with Crippen LogP contribution in [-0.2, 0) is 33.3 Å². The van der Waals surface area contributed by atoms with Crippen molar-refractivity contribution in [2.24, 2.45) is 5.92 Å². The van der Waals surface area contributed by atoms with Gasteiger partial charge in [-0.2, -0.15) is 0 Å². The van der Waals surface area contributed by atoms with Crippen LogP contribution < -0.4 is 0 Å². The first-order valence-electron chi connectivity index (χ1n) is 11.2. The first-order chi connectivity index (χ1) is 15.0. The highest BCUT2D eigenvalue weighted by Gasteiger charge is 2.68. The van der Waals surface area contributed by atoms with E-state index in [1.807, 2.05) is 13.8 Å². The molecule has 32 heavy (non-hydrogen) atoms. The maximum absolute atomic E-state index is 13.1. The first-order valence-corrected chi connectivity index (χ1v) is 11.2. The van der Waals surface area contributed by atoms with E-state index >= 15 is 0 Å². The van der Waals surface area contributed by atoms with E-state index in [-0.39, 0.29) is 0 Å². The van der Waals surface area contributed by atoms with Crippen molar-refractivity contribution < 1.29 is 33.3 Å². The van der Waals surface area contributed by atoms with Gasteiger partial charge in [-0.05, 0) is 61.3 Å². The summed E-state index contributed by atoms with van der Waals surface area (Å²) in [5.41, 5.74) is -0.225. The van der Waals surface area contributed by atoms with Crippen molar-refractivity contribution in [2.45, 2.75) is 97.2 Å². The molecule has 0 radical (unpaired) electrons. The van der Waals surface area contributed by atoms with Gasteiger partial charge in [-0.3, -0.25) is 0 Å². The fraction of sp³-hybridized carbons (Fsp3) is 0.640. The zero-order chi connectivity index (χ0) is 23.8. The summed E-state index contributed by atoms with van der Waals surface area (Å²) < 4.78 is 23.6. The Morgan fingerprint density at radius 1 is 1.12 bits per heavy atom. The zero-order valence-corrected chi connectivity index (χ0v) is 20.0. The van der Waals surface area contributed by atoms with Gasteiger partial charge in [-0.1, -0.05) is 23.8 Å². The van der Waals surface area contributed by atoms with Crippen LogP contribution in [0.5, 0.6) is 0 Å². The molecule has 2 fully saturated rings. The first kappa shape index (κ1) is 24.2. The molecule has 0 aromatic heterocycles. The maximum Gasteiger partial charge on any atom is 0.351 e. The Morgan fingerprint density at radius 3 is 2.38 bits per heavy atom. The van der Waals surface area contributed by atoms with E-state index in [1.54, 1.807) is 46.8 Å². The highest BCUT2D eigenvalue weighted by atomic mass is 16.7. The zero-order valence-electron chi connectivity index (χ0n) is 20.0. The molecule has 2 aliphatic heterocycles. The van der Waals surface area contributed by atoms with Crippen LogP contribution in [0.15, 0.2) is 34.9 Å². The van der Waals surface area contributed by atoms with E-state index in [0.29, 0.717) is 17.6 Å². The van der Waals surface area contributed by atoms with Gasteiger partial charge in [0.1, 0.15) is 18.3 Å². The Morgan fingerprint density at radius 2 is 1.75 bits per heavy atom. The van der Waals surface area contributed by atoms with Crippen LogP contribution in [-0.4, -0.2) is 47.4 Å². The van der Waals surface area contributed by atoms with Gasteiger partial charge in [0, 0.05) is 17.6 Å². The molecular weight excluding hydrogens is 412 g/mol. The Bertz CT molecular complexity index is 898. The Labute approximate surface area is 189 Å². The van der Waals surface area contributed by atoms with Gasteiger partial charge < -0.3 is 18.9 Å². The SMILES string of the molecule is C/C=C(/C)C(=O)O[C@H]1[C@@H]2[C@@H](C/C(C)=C/CC[C@@]3(C)O[C@@H]13)OC(=O)[C@]2(C)OC(=O)/C(C)=C\C. The molecule has 0 bridgehead atoms. The number of allylic oxidation sites excluding steroid dienone is 3. The van der Waals surface area contributed by atoms with Gasteiger partial charge in [-0.15, -0.1) is 0 Å². The van der Waals surface area contributed by atoms with E-state index in [2.05, 4.69) is 6.08 Å². The number of epoxide rings is 1. The summed E-state index contributed by atoms with van der Waals surface area (Å²) in [6.07, 6.45) is 5.60. The average molecular weight is 447 g/mol. The van der Waals surface area contributed by atoms with Crippen molar-refractivity contribution in [3.63, 3.8) is 0 Å². The van der Waals surface area contributed by atoms with Crippen molar-refractivity contribution in [1.82, 2.24) is 0 Å². The second kappa shape index (κ2) is 8.85. The van der Waals surface area contributed by atoms with Crippen molar-refractivity contribution in [1.29, 1.82) is 0 Å². The molecule has 7 heteroatoms. The third-order valence-electron chi connectivity index (χ3n) is 7.01. The summed E-state index contributed by atoms with van der Waals surface area (Å²) in [6.45, 7) is 12.3. The molecule has 0 spiro atoms. The van der Waals surface area contributed by atoms with E-state index < -0.39 is 53.3 Å². The molecule has 6 atom stereocenters. The lowest BCUT2D eigenvalue weighted by atomic mass is 9.76. The molecule has 0 amide bonds. The number of carbonyl (C=O) groups excluding carboxylic acids is 3. The van der Waals surface area contributed by atoms with Crippen LogP contribution >= 0.6 is 0 Å². The lowest BCUT2D eigenvalue weighted by molar-refractivity contribution is -0.176. The van der Waals surface area contributed by atoms with Crippen molar-refractivity contribution in [3.8, 4) is 0 Å². The standard InChI is InChI=1S/C25H34O7/c1-8-15(4)21(26)30-19-18-17(13-14(3)11-10-12-24(6)20(19)31-24)29-23(28)25(18,7)32-22(27)16(5)9-2/h8-9,11,17-20H,10,12-13H2,1-7H3/b14-11+,15-8-,16-9-/t17-,18+,19+,20+,24-,25-/m1/s1. The van der Waals surface area contributed by atoms with Crippen molar-refractivity contribution >= 4 is 17.9 Å². The maximum atomic E-state index is 13.1. The molecule has 0 unspecified atom stereocenters. The molecule has 3 aliphatic rings. The molecule has 176 valence electrons. The smallest absolute Gasteiger partial charge is 0.351 e. The lowest BCUT2D eigenvalue weighted by Crippen LogP contribution is -2.52. The average Bonchev–Trinajstić information content (AvgIpc) is 3.35. The van der Waals surface area contributed by atoms with E-state index in [4.69, 9.17) is 18.9 Å². The third kappa shape index (κ3) is 4.40. The van der Waals surface area contributed by atoms with Gasteiger partial charge >= 0.3 is 17.9 Å². The molecule has 0 N–H and O–H groups in total. The fourth-order valence-corrected chi connectivity index (χ4v) is 4.55. The Kier molecular flexibility index (Phi) is 6.70. The molecule has 1 aliphatic carbocycles. The van der Waals surface area contributed by atoms with Crippen LogP contribution in [0, 0.1) is 5.92 Å². The highest BCUT2D eigenvalue weighted by molar-refractivity contribution is 5.92. The van der Waals surface area contributed by atoms with Gasteiger partial charge in [0.25, 0.3) is 0 Å².